The largest absolute Gasteiger partial charge is 0.465 e. The van der Waals surface area contributed by atoms with Gasteiger partial charge in [-0.05, 0) is 55.1 Å². The quantitative estimate of drug-likeness (QED) is 0.240. The van der Waals surface area contributed by atoms with Gasteiger partial charge in [-0.15, -0.1) is 0 Å². The topological polar surface area (TPSA) is 89.5 Å². The van der Waals surface area contributed by atoms with Crippen molar-refractivity contribution in [3.05, 3.63) is 0 Å². The molecule has 0 aromatic rings. The second kappa shape index (κ2) is 18.3. The zero-order chi connectivity index (χ0) is 26.3. The molecule has 0 saturated heterocycles. The first-order chi connectivity index (χ1) is 15.9. The summed E-state index contributed by atoms with van der Waals surface area (Å²) >= 11 is 3.27. The van der Waals surface area contributed by atoms with Crippen LogP contribution >= 0.6 is 23.5 Å². The van der Waals surface area contributed by atoms with Crippen LogP contribution in [0.3, 0.4) is 0 Å². The average Bonchev–Trinajstić information content (AvgIpc) is 2.76. The summed E-state index contributed by atoms with van der Waals surface area (Å²) in [7, 11) is 0. The third-order valence-corrected chi connectivity index (χ3v) is 6.82. The number of esters is 1. The predicted molar refractivity (Wildman–Crippen MR) is 144 cm³/mol. The Morgan fingerprint density at radius 1 is 0.794 bits per heavy atom. The van der Waals surface area contributed by atoms with E-state index in [9.17, 15) is 19.2 Å². The van der Waals surface area contributed by atoms with Crippen molar-refractivity contribution < 1.29 is 23.9 Å². The third-order valence-electron chi connectivity index (χ3n) is 5.53. The first-order valence-corrected chi connectivity index (χ1v) is 15.2. The molecule has 3 atom stereocenters. The van der Waals surface area contributed by atoms with Crippen LogP contribution in [0, 0.1) is 29.6 Å². The van der Waals surface area contributed by atoms with Gasteiger partial charge >= 0.3 is 5.97 Å². The van der Waals surface area contributed by atoms with E-state index < -0.39 is 12.0 Å². The van der Waals surface area contributed by atoms with Crippen molar-refractivity contribution in [2.75, 3.05) is 30.6 Å². The van der Waals surface area contributed by atoms with Crippen molar-refractivity contribution in [1.29, 1.82) is 0 Å². The summed E-state index contributed by atoms with van der Waals surface area (Å²) in [6, 6.07) is -0.660. The fourth-order valence-electron chi connectivity index (χ4n) is 3.60. The Morgan fingerprint density at radius 2 is 1.35 bits per heavy atom. The number of hydrogen-bond donors (Lipinski definition) is 1. The van der Waals surface area contributed by atoms with Crippen LogP contribution in [0.4, 0.5) is 0 Å². The van der Waals surface area contributed by atoms with Gasteiger partial charge in [0, 0.05) is 24.2 Å². The maximum absolute atomic E-state index is 13.3. The van der Waals surface area contributed by atoms with Gasteiger partial charge in [0.15, 0.2) is 5.78 Å². The van der Waals surface area contributed by atoms with Crippen LogP contribution < -0.4 is 5.32 Å². The van der Waals surface area contributed by atoms with Crippen LogP contribution in [0.5, 0.6) is 0 Å². The number of carbonyl (C=O) groups excluding carboxylic acids is 4. The lowest BCUT2D eigenvalue weighted by atomic mass is 9.86. The minimum atomic E-state index is -0.660. The lowest BCUT2D eigenvalue weighted by Crippen LogP contribution is -2.46. The van der Waals surface area contributed by atoms with Crippen LogP contribution in [0.1, 0.15) is 73.6 Å². The number of rotatable bonds is 19. The lowest BCUT2D eigenvalue weighted by Gasteiger charge is -2.25. The molecule has 0 aliphatic heterocycles. The fourth-order valence-corrected chi connectivity index (χ4v) is 4.64. The average molecular weight is 518 g/mol. The molecule has 8 heteroatoms. The Hall–Kier alpha value is -1.02. The van der Waals surface area contributed by atoms with Gasteiger partial charge in [0.1, 0.15) is 5.78 Å². The van der Waals surface area contributed by atoms with Gasteiger partial charge in [-0.2, -0.15) is 23.5 Å². The van der Waals surface area contributed by atoms with Crippen molar-refractivity contribution in [3.63, 3.8) is 0 Å². The second-order valence-corrected chi connectivity index (χ2v) is 12.1. The molecule has 0 fully saturated rings. The SMILES string of the molecule is CSCCC(CC(=O)OCC(C)C)C(=O)NC(CC(C)C)C(=O)CC(CCSC)C(=O)C(C)C. The van der Waals surface area contributed by atoms with E-state index in [1.807, 2.05) is 54.1 Å². The fraction of sp³-hybridized carbons (Fsp3) is 0.846. The second-order valence-electron chi connectivity index (χ2n) is 10.2. The molecule has 0 radical (unpaired) electrons. The van der Waals surface area contributed by atoms with Crippen LogP contribution in [0.15, 0.2) is 0 Å². The smallest absolute Gasteiger partial charge is 0.306 e. The molecule has 6 nitrogen and oxygen atoms in total. The summed E-state index contributed by atoms with van der Waals surface area (Å²) in [5, 5.41) is 2.93. The lowest BCUT2D eigenvalue weighted by molar-refractivity contribution is -0.148. The third kappa shape index (κ3) is 14.4. The van der Waals surface area contributed by atoms with Crippen molar-refractivity contribution in [3.8, 4) is 0 Å². The highest BCUT2D eigenvalue weighted by atomic mass is 32.2. The van der Waals surface area contributed by atoms with Crippen LogP contribution in [0.25, 0.3) is 0 Å². The summed E-state index contributed by atoms with van der Waals surface area (Å²) in [6.07, 6.45) is 5.78. The Kier molecular flexibility index (Phi) is 17.7. The minimum absolute atomic E-state index is 0.00386. The van der Waals surface area contributed by atoms with E-state index >= 15 is 0 Å². The number of nitrogens with one attached hydrogen (secondary N) is 1. The van der Waals surface area contributed by atoms with Crippen molar-refractivity contribution in [2.24, 2.45) is 29.6 Å². The Bertz CT molecular complexity index is 637. The molecule has 0 aromatic heterocycles. The Morgan fingerprint density at radius 3 is 1.82 bits per heavy atom. The minimum Gasteiger partial charge on any atom is -0.465 e. The van der Waals surface area contributed by atoms with E-state index in [0.717, 1.165) is 11.5 Å². The van der Waals surface area contributed by atoms with Crippen molar-refractivity contribution >= 4 is 47.0 Å². The van der Waals surface area contributed by atoms with Gasteiger partial charge in [-0.25, -0.2) is 0 Å². The van der Waals surface area contributed by atoms with Crippen LogP contribution in [-0.4, -0.2) is 60.1 Å². The summed E-state index contributed by atoms with van der Waals surface area (Å²) < 4.78 is 5.29. The number of thioether (sulfide) groups is 2. The molecule has 0 saturated carbocycles. The first-order valence-electron chi connectivity index (χ1n) is 12.4. The van der Waals surface area contributed by atoms with E-state index in [1.165, 1.54) is 0 Å². The molecule has 0 bridgehead atoms. The van der Waals surface area contributed by atoms with Crippen LogP contribution in [0.2, 0.25) is 0 Å². The highest BCUT2D eigenvalue weighted by molar-refractivity contribution is 7.98. The normalized spacial score (nSPS) is 14.2. The van der Waals surface area contributed by atoms with Gasteiger partial charge in [-0.3, -0.25) is 19.2 Å². The zero-order valence-electron chi connectivity index (χ0n) is 22.5. The maximum atomic E-state index is 13.3. The van der Waals surface area contributed by atoms with Gasteiger partial charge in [0.05, 0.1) is 19.1 Å². The van der Waals surface area contributed by atoms with Crippen molar-refractivity contribution in [1.82, 2.24) is 5.32 Å². The van der Waals surface area contributed by atoms with E-state index in [-0.39, 0.29) is 60.0 Å². The first kappa shape index (κ1) is 33.0. The maximum Gasteiger partial charge on any atom is 0.306 e. The molecule has 0 rings (SSSR count). The number of amides is 1. The van der Waals surface area contributed by atoms with Gasteiger partial charge < -0.3 is 10.1 Å². The number of ketones is 2. The Balaban J connectivity index is 5.45. The van der Waals surface area contributed by atoms with Gasteiger partial charge in [0.25, 0.3) is 0 Å². The monoisotopic (exact) mass is 517 g/mol. The molecule has 198 valence electrons. The molecule has 0 heterocycles. The molecule has 3 unspecified atom stereocenters. The molecule has 1 N–H and O–H groups in total. The molecular weight excluding hydrogens is 470 g/mol. The van der Waals surface area contributed by atoms with E-state index in [0.29, 0.717) is 25.9 Å². The van der Waals surface area contributed by atoms with E-state index in [1.54, 1.807) is 23.5 Å². The number of Topliss-reactive ketones (excluding diaryl/α,β-unsaturated/α-hetero) is 2. The molecule has 34 heavy (non-hydrogen) atoms. The predicted octanol–water partition coefficient (Wildman–Crippen LogP) is 5.03. The Labute approximate surface area is 215 Å². The molecule has 0 aliphatic carbocycles. The number of ether oxygens (including phenoxy) is 1. The molecule has 1 amide bonds. The number of carbonyl (C=O) groups is 4. The molecule has 0 spiro atoms. The number of hydrogen-bond acceptors (Lipinski definition) is 7. The van der Waals surface area contributed by atoms with Crippen molar-refractivity contribution in [2.45, 2.75) is 79.7 Å². The summed E-state index contributed by atoms with van der Waals surface area (Å²) in [5.74, 6) is 0.283. The summed E-state index contributed by atoms with van der Waals surface area (Å²) in [5.41, 5.74) is 0. The summed E-state index contributed by atoms with van der Waals surface area (Å²) in [4.78, 5) is 51.4. The van der Waals surface area contributed by atoms with Crippen LogP contribution in [-0.2, 0) is 23.9 Å². The van der Waals surface area contributed by atoms with Gasteiger partial charge in [-0.1, -0.05) is 41.5 Å². The van der Waals surface area contributed by atoms with E-state index in [4.69, 9.17) is 4.74 Å². The summed E-state index contributed by atoms with van der Waals surface area (Å²) in [6.45, 7) is 12.0. The van der Waals surface area contributed by atoms with Gasteiger partial charge in [0.2, 0.25) is 5.91 Å². The molecular formula is C26H47NO5S2. The highest BCUT2D eigenvalue weighted by Crippen LogP contribution is 2.21. The molecule has 0 aromatic carbocycles. The van der Waals surface area contributed by atoms with E-state index in [2.05, 4.69) is 5.32 Å². The standard InChI is InChI=1S/C26H47NO5S2/c1-17(2)13-22(23(28)14-20(9-11-33-7)25(30)19(5)6)27-26(31)21(10-12-34-8)15-24(29)32-16-18(3)4/h17-22H,9-16H2,1-8H3,(H,27,31). The zero-order valence-corrected chi connectivity index (χ0v) is 24.1. The molecule has 0 aliphatic rings. The highest BCUT2D eigenvalue weighted by Gasteiger charge is 2.31.